The van der Waals surface area contributed by atoms with Crippen LogP contribution in [0, 0.1) is 6.92 Å². The number of ether oxygens (including phenoxy) is 2. The Morgan fingerprint density at radius 2 is 2.17 bits per heavy atom. The lowest BCUT2D eigenvalue weighted by Gasteiger charge is -2.14. The van der Waals surface area contributed by atoms with Crippen LogP contribution in [0.3, 0.4) is 0 Å². The molecule has 0 aromatic carbocycles. The fourth-order valence-corrected chi connectivity index (χ4v) is 2.34. The highest BCUT2D eigenvalue weighted by Gasteiger charge is 2.15. The average Bonchev–Trinajstić information content (AvgIpc) is 2.65. The molecule has 0 saturated heterocycles. The van der Waals surface area contributed by atoms with Gasteiger partial charge in [0.2, 0.25) is 5.88 Å². The van der Waals surface area contributed by atoms with Gasteiger partial charge in [-0.2, -0.15) is 0 Å². The summed E-state index contributed by atoms with van der Waals surface area (Å²) in [6.07, 6.45) is 2.07. The molecule has 0 aliphatic carbocycles. The van der Waals surface area contributed by atoms with Crippen molar-refractivity contribution in [2.24, 2.45) is 0 Å². The molecule has 0 aliphatic heterocycles. The van der Waals surface area contributed by atoms with Crippen LogP contribution in [0.25, 0.3) is 11.0 Å². The van der Waals surface area contributed by atoms with Crippen molar-refractivity contribution in [2.75, 3.05) is 20.8 Å². The largest absolute Gasteiger partial charge is 0.480 e. The van der Waals surface area contributed by atoms with Crippen LogP contribution in [0.1, 0.15) is 18.5 Å². The van der Waals surface area contributed by atoms with Crippen LogP contribution in [0.4, 0.5) is 0 Å². The highest BCUT2D eigenvalue weighted by molar-refractivity contribution is 6.32. The molecule has 98 valence electrons. The molecule has 2 rings (SSSR count). The molecular formula is C13H17ClN2O2. The number of rotatable bonds is 4. The molecule has 0 spiro atoms. The Bertz CT molecular complexity index is 566. The van der Waals surface area contributed by atoms with Crippen molar-refractivity contribution in [2.45, 2.75) is 19.9 Å². The first-order chi connectivity index (χ1) is 8.58. The van der Waals surface area contributed by atoms with Gasteiger partial charge in [0.05, 0.1) is 30.8 Å². The molecule has 18 heavy (non-hydrogen) atoms. The minimum absolute atomic E-state index is 0.234. The third-order valence-corrected chi connectivity index (χ3v) is 3.26. The first-order valence-corrected chi connectivity index (χ1v) is 6.17. The van der Waals surface area contributed by atoms with Crippen LogP contribution in [-0.2, 0) is 4.74 Å². The first kappa shape index (κ1) is 13.2. The second-order valence-corrected chi connectivity index (χ2v) is 4.78. The molecule has 0 radical (unpaired) electrons. The lowest BCUT2D eigenvalue weighted by Crippen LogP contribution is -2.09. The van der Waals surface area contributed by atoms with Crippen LogP contribution in [0.2, 0.25) is 5.02 Å². The zero-order chi connectivity index (χ0) is 13.3. The van der Waals surface area contributed by atoms with Crippen LogP contribution < -0.4 is 4.74 Å². The van der Waals surface area contributed by atoms with Crippen molar-refractivity contribution in [1.29, 1.82) is 0 Å². The monoisotopic (exact) mass is 268 g/mol. The minimum atomic E-state index is 0.234. The van der Waals surface area contributed by atoms with E-state index in [0.717, 1.165) is 16.6 Å². The summed E-state index contributed by atoms with van der Waals surface area (Å²) in [7, 11) is 3.27. The third kappa shape index (κ3) is 2.18. The maximum Gasteiger partial charge on any atom is 0.233 e. The van der Waals surface area contributed by atoms with Crippen molar-refractivity contribution in [3.05, 3.63) is 22.8 Å². The van der Waals surface area contributed by atoms with Gasteiger partial charge >= 0.3 is 0 Å². The molecule has 0 fully saturated rings. The number of nitrogens with zero attached hydrogens (tertiary/aromatic N) is 2. The van der Waals surface area contributed by atoms with Crippen LogP contribution in [0.5, 0.6) is 5.88 Å². The molecule has 0 N–H and O–H groups in total. The number of methoxy groups -OCH3 is 2. The van der Waals surface area contributed by atoms with Crippen molar-refractivity contribution in [1.82, 2.24) is 9.55 Å². The molecule has 4 nitrogen and oxygen atoms in total. The second-order valence-electron chi connectivity index (χ2n) is 4.37. The normalized spacial score (nSPS) is 12.9. The van der Waals surface area contributed by atoms with Crippen LogP contribution >= 0.6 is 11.6 Å². The average molecular weight is 269 g/mol. The van der Waals surface area contributed by atoms with E-state index in [0.29, 0.717) is 17.5 Å². The maximum absolute atomic E-state index is 6.13. The lowest BCUT2D eigenvalue weighted by molar-refractivity contribution is 0.164. The van der Waals surface area contributed by atoms with Crippen molar-refractivity contribution in [3.8, 4) is 5.88 Å². The van der Waals surface area contributed by atoms with Gasteiger partial charge in [-0.15, -0.1) is 0 Å². The van der Waals surface area contributed by atoms with E-state index in [1.807, 2.05) is 13.0 Å². The van der Waals surface area contributed by atoms with Gasteiger partial charge in [0.15, 0.2) is 0 Å². The molecule has 1 atom stereocenters. The quantitative estimate of drug-likeness (QED) is 0.854. The molecule has 0 bridgehead atoms. The standard InChI is InChI=1S/C13H17ClN2O2/c1-8-6-16(9(2)7-17-3)11-5-10(14)13(18-4)15-12(8)11/h5-6,9H,7H2,1-4H3/t9-/m0/s1. The van der Waals surface area contributed by atoms with E-state index in [2.05, 4.69) is 22.7 Å². The number of hydrogen-bond donors (Lipinski definition) is 0. The number of hydrogen-bond acceptors (Lipinski definition) is 3. The SMILES string of the molecule is COC[C@H](C)n1cc(C)c2nc(OC)c(Cl)cc21. The fraction of sp³-hybridized carbons (Fsp3) is 0.462. The van der Waals surface area contributed by atoms with Gasteiger partial charge in [-0.05, 0) is 25.5 Å². The summed E-state index contributed by atoms with van der Waals surface area (Å²) in [4.78, 5) is 4.44. The first-order valence-electron chi connectivity index (χ1n) is 5.79. The van der Waals surface area contributed by atoms with Gasteiger partial charge in [0, 0.05) is 13.3 Å². The molecule has 2 aromatic rings. The Hall–Kier alpha value is -1.26. The van der Waals surface area contributed by atoms with Crippen molar-refractivity contribution < 1.29 is 9.47 Å². The van der Waals surface area contributed by atoms with Gasteiger partial charge in [-0.3, -0.25) is 0 Å². The van der Waals surface area contributed by atoms with Gasteiger partial charge in [-0.25, -0.2) is 4.98 Å². The molecule has 0 saturated carbocycles. The number of aryl methyl sites for hydroxylation is 1. The summed E-state index contributed by atoms with van der Waals surface area (Å²) < 4.78 is 12.5. The fourth-order valence-electron chi connectivity index (χ4n) is 2.12. The summed E-state index contributed by atoms with van der Waals surface area (Å²) in [5.41, 5.74) is 3.02. The summed E-state index contributed by atoms with van der Waals surface area (Å²) in [6.45, 7) is 4.77. The maximum atomic E-state index is 6.13. The Morgan fingerprint density at radius 3 is 2.78 bits per heavy atom. The van der Waals surface area contributed by atoms with Crippen LogP contribution in [-0.4, -0.2) is 30.4 Å². The van der Waals surface area contributed by atoms with Gasteiger partial charge in [-0.1, -0.05) is 11.6 Å². The summed E-state index contributed by atoms with van der Waals surface area (Å²) >= 11 is 6.13. The molecular weight excluding hydrogens is 252 g/mol. The molecule has 0 unspecified atom stereocenters. The second kappa shape index (κ2) is 5.16. The summed E-state index contributed by atoms with van der Waals surface area (Å²) in [5.74, 6) is 0.462. The van der Waals surface area contributed by atoms with E-state index in [1.54, 1.807) is 14.2 Å². The van der Waals surface area contributed by atoms with Gasteiger partial charge in [0.25, 0.3) is 0 Å². The highest BCUT2D eigenvalue weighted by Crippen LogP contribution is 2.30. The van der Waals surface area contributed by atoms with Crippen molar-refractivity contribution in [3.63, 3.8) is 0 Å². The Balaban J connectivity index is 2.60. The predicted molar refractivity (Wildman–Crippen MR) is 72.6 cm³/mol. The van der Waals surface area contributed by atoms with E-state index in [1.165, 1.54) is 0 Å². The molecule has 2 heterocycles. The Morgan fingerprint density at radius 1 is 1.44 bits per heavy atom. The number of halogens is 1. The lowest BCUT2D eigenvalue weighted by atomic mass is 10.3. The van der Waals surface area contributed by atoms with E-state index in [9.17, 15) is 0 Å². The molecule has 0 aliphatic rings. The Kier molecular flexibility index (Phi) is 3.78. The summed E-state index contributed by atoms with van der Waals surface area (Å²) in [5, 5.41) is 0.522. The Labute approximate surface area is 111 Å². The van der Waals surface area contributed by atoms with Gasteiger partial charge in [0.1, 0.15) is 5.02 Å². The van der Waals surface area contributed by atoms with E-state index < -0.39 is 0 Å². The van der Waals surface area contributed by atoms with Crippen LogP contribution in [0.15, 0.2) is 12.3 Å². The molecule has 5 heteroatoms. The van der Waals surface area contributed by atoms with E-state index >= 15 is 0 Å². The zero-order valence-electron chi connectivity index (χ0n) is 11.0. The number of aromatic nitrogens is 2. The third-order valence-electron chi connectivity index (χ3n) is 2.98. The number of pyridine rings is 1. The topological polar surface area (TPSA) is 36.3 Å². The van der Waals surface area contributed by atoms with Crippen molar-refractivity contribution >= 4 is 22.6 Å². The van der Waals surface area contributed by atoms with E-state index in [4.69, 9.17) is 21.1 Å². The highest BCUT2D eigenvalue weighted by atomic mass is 35.5. The zero-order valence-corrected chi connectivity index (χ0v) is 11.8. The smallest absolute Gasteiger partial charge is 0.233 e. The minimum Gasteiger partial charge on any atom is -0.480 e. The van der Waals surface area contributed by atoms with E-state index in [-0.39, 0.29) is 6.04 Å². The number of fused-ring (bicyclic) bond motifs is 1. The summed E-state index contributed by atoms with van der Waals surface area (Å²) in [6, 6.07) is 2.12. The molecule has 2 aromatic heterocycles. The van der Waals surface area contributed by atoms with Gasteiger partial charge < -0.3 is 14.0 Å². The predicted octanol–water partition coefficient (Wildman–Crippen LogP) is 3.21. The molecule has 0 amide bonds.